The van der Waals surface area contributed by atoms with Gasteiger partial charge in [0.1, 0.15) is 0 Å². The summed E-state index contributed by atoms with van der Waals surface area (Å²) >= 11 is 0. The minimum Gasteiger partial charge on any atom is -0.0814 e. The molecule has 1 aromatic carbocycles. The van der Waals surface area contributed by atoms with Gasteiger partial charge in [0.15, 0.2) is 0 Å². The average molecular weight is 180 g/mol. The molecule has 0 aliphatic heterocycles. The molecule has 0 aliphatic rings. The number of hydrogen-bond donors (Lipinski definition) is 0. The second-order valence-electron chi connectivity index (χ2n) is 3.61. The minimum atomic E-state index is 0.0512. The van der Waals surface area contributed by atoms with Crippen molar-refractivity contribution in [1.29, 1.82) is 0 Å². The van der Waals surface area contributed by atoms with Gasteiger partial charge in [-0.2, -0.15) is 0 Å². The fraction of sp³-hybridized carbons (Fsp3) is 0.455. The average Bonchev–Trinajstić information content (AvgIpc) is 2.04. The Balaban J connectivity index is 3.09. The van der Waals surface area contributed by atoms with E-state index in [9.17, 15) is 0 Å². The second-order valence-corrected chi connectivity index (χ2v) is 5.88. The molecule has 1 rings (SSSR count). The molecular formula is C11H17P. The summed E-state index contributed by atoms with van der Waals surface area (Å²) in [5.74, 6) is 0.658. The molecule has 0 saturated carbocycles. The number of rotatable bonds is 2. The van der Waals surface area contributed by atoms with E-state index in [1.165, 1.54) is 5.56 Å². The van der Waals surface area contributed by atoms with Gasteiger partial charge in [-0.05, 0) is 30.1 Å². The first kappa shape index (κ1) is 9.74. The molecule has 0 heterocycles. The third-order valence-electron chi connectivity index (χ3n) is 2.04. The molecule has 0 unspecified atom stereocenters. The van der Waals surface area contributed by atoms with E-state index in [1.54, 1.807) is 5.30 Å². The molecule has 0 bridgehead atoms. The smallest absolute Gasteiger partial charge is 0.0211 e. The highest BCUT2D eigenvalue weighted by molar-refractivity contribution is 7.64. The lowest BCUT2D eigenvalue weighted by Crippen LogP contribution is -2.08. The molecule has 0 fully saturated rings. The van der Waals surface area contributed by atoms with Crippen LogP contribution in [0.3, 0.4) is 0 Å². The Morgan fingerprint density at radius 2 is 1.67 bits per heavy atom. The first-order valence-corrected chi connectivity index (χ1v) is 6.62. The molecule has 0 aliphatic carbocycles. The van der Waals surface area contributed by atoms with Gasteiger partial charge in [-0.3, -0.25) is 0 Å². The van der Waals surface area contributed by atoms with Crippen LogP contribution in [0.25, 0.3) is 0 Å². The molecule has 0 spiro atoms. The zero-order valence-electron chi connectivity index (χ0n) is 8.33. The van der Waals surface area contributed by atoms with Crippen LogP contribution in [0.2, 0.25) is 0 Å². The van der Waals surface area contributed by atoms with Gasteiger partial charge in [-0.1, -0.05) is 46.0 Å². The van der Waals surface area contributed by atoms with E-state index in [4.69, 9.17) is 0 Å². The van der Waals surface area contributed by atoms with E-state index in [-0.39, 0.29) is 7.92 Å². The Morgan fingerprint density at radius 3 is 2.08 bits per heavy atom. The van der Waals surface area contributed by atoms with Gasteiger partial charge in [-0.25, -0.2) is 0 Å². The van der Waals surface area contributed by atoms with Crippen LogP contribution in [0.15, 0.2) is 24.3 Å². The Hall–Kier alpha value is -0.350. The highest BCUT2D eigenvalue weighted by Crippen LogP contribution is 2.28. The fourth-order valence-corrected chi connectivity index (χ4v) is 2.62. The van der Waals surface area contributed by atoms with Crippen LogP contribution in [0.4, 0.5) is 0 Å². The van der Waals surface area contributed by atoms with Gasteiger partial charge in [0.2, 0.25) is 0 Å². The SMILES string of the molecule is CC(C)c1ccccc1P(C)C. The summed E-state index contributed by atoms with van der Waals surface area (Å²) in [6.45, 7) is 9.16. The molecule has 0 amide bonds. The van der Waals surface area contributed by atoms with Crippen LogP contribution in [0.1, 0.15) is 25.3 Å². The largest absolute Gasteiger partial charge is 0.0814 e. The topological polar surface area (TPSA) is 0 Å². The van der Waals surface area contributed by atoms with E-state index >= 15 is 0 Å². The predicted octanol–water partition coefficient (Wildman–Crippen LogP) is 3.18. The summed E-state index contributed by atoms with van der Waals surface area (Å²) in [5, 5.41) is 1.56. The van der Waals surface area contributed by atoms with Gasteiger partial charge < -0.3 is 0 Å². The van der Waals surface area contributed by atoms with E-state index < -0.39 is 0 Å². The van der Waals surface area contributed by atoms with Crippen molar-refractivity contribution in [2.75, 3.05) is 13.3 Å². The van der Waals surface area contributed by atoms with Crippen molar-refractivity contribution in [2.24, 2.45) is 0 Å². The molecule has 0 atom stereocenters. The molecule has 0 nitrogen and oxygen atoms in total. The number of benzene rings is 1. The lowest BCUT2D eigenvalue weighted by molar-refractivity contribution is 0.873. The van der Waals surface area contributed by atoms with Crippen molar-refractivity contribution in [1.82, 2.24) is 0 Å². The van der Waals surface area contributed by atoms with Crippen molar-refractivity contribution in [3.05, 3.63) is 29.8 Å². The van der Waals surface area contributed by atoms with E-state index in [2.05, 4.69) is 51.4 Å². The van der Waals surface area contributed by atoms with Gasteiger partial charge in [0.25, 0.3) is 0 Å². The Labute approximate surface area is 76.8 Å². The predicted molar refractivity (Wildman–Crippen MR) is 58.9 cm³/mol. The third-order valence-corrected chi connectivity index (χ3v) is 3.41. The van der Waals surface area contributed by atoms with Crippen LogP contribution in [0.5, 0.6) is 0 Å². The number of hydrogen-bond acceptors (Lipinski definition) is 0. The van der Waals surface area contributed by atoms with Crippen LogP contribution in [-0.2, 0) is 0 Å². The van der Waals surface area contributed by atoms with Gasteiger partial charge in [0.05, 0.1) is 0 Å². The summed E-state index contributed by atoms with van der Waals surface area (Å²) in [4.78, 5) is 0. The highest BCUT2D eigenvalue weighted by atomic mass is 31.1. The van der Waals surface area contributed by atoms with Crippen LogP contribution in [0, 0.1) is 0 Å². The Kier molecular flexibility index (Phi) is 3.29. The molecule has 12 heavy (non-hydrogen) atoms. The van der Waals surface area contributed by atoms with Gasteiger partial charge >= 0.3 is 0 Å². The fourth-order valence-electron chi connectivity index (χ4n) is 1.38. The molecular weight excluding hydrogens is 163 g/mol. The molecule has 1 heteroatoms. The molecule has 0 aromatic heterocycles. The minimum absolute atomic E-state index is 0.0512. The summed E-state index contributed by atoms with van der Waals surface area (Å²) in [6, 6.07) is 8.80. The zero-order valence-corrected chi connectivity index (χ0v) is 9.23. The Morgan fingerprint density at radius 1 is 1.08 bits per heavy atom. The maximum atomic E-state index is 2.32. The summed E-state index contributed by atoms with van der Waals surface area (Å²) in [7, 11) is 0.0512. The molecule has 1 aromatic rings. The lowest BCUT2D eigenvalue weighted by atomic mass is 10.0. The maximum absolute atomic E-state index is 2.32. The van der Waals surface area contributed by atoms with Crippen molar-refractivity contribution in [3.8, 4) is 0 Å². The van der Waals surface area contributed by atoms with Crippen molar-refractivity contribution in [3.63, 3.8) is 0 Å². The van der Waals surface area contributed by atoms with Crippen molar-refractivity contribution in [2.45, 2.75) is 19.8 Å². The first-order valence-electron chi connectivity index (χ1n) is 4.39. The first-order chi connectivity index (χ1) is 5.63. The van der Waals surface area contributed by atoms with Crippen LogP contribution in [-0.4, -0.2) is 13.3 Å². The quantitative estimate of drug-likeness (QED) is 0.613. The van der Waals surface area contributed by atoms with Crippen molar-refractivity contribution < 1.29 is 0 Å². The normalized spacial score (nSPS) is 11.2. The standard InChI is InChI=1S/C11H17P/c1-9(2)10-7-5-6-8-11(10)12(3)4/h5-9H,1-4H3. The van der Waals surface area contributed by atoms with Crippen molar-refractivity contribution >= 4 is 13.2 Å². The van der Waals surface area contributed by atoms with E-state index in [1.807, 2.05) is 0 Å². The summed E-state index contributed by atoms with van der Waals surface area (Å²) in [5.41, 5.74) is 1.52. The lowest BCUT2D eigenvalue weighted by Gasteiger charge is -2.15. The Bertz CT molecular complexity index is 224. The molecule has 0 N–H and O–H groups in total. The highest BCUT2D eigenvalue weighted by Gasteiger charge is 2.07. The molecule has 0 saturated heterocycles. The molecule has 66 valence electrons. The summed E-state index contributed by atoms with van der Waals surface area (Å²) < 4.78 is 0. The monoisotopic (exact) mass is 180 g/mol. The van der Waals surface area contributed by atoms with E-state index in [0.717, 1.165) is 0 Å². The zero-order chi connectivity index (χ0) is 9.14. The third kappa shape index (κ3) is 2.08. The van der Waals surface area contributed by atoms with Crippen LogP contribution < -0.4 is 5.30 Å². The van der Waals surface area contributed by atoms with Gasteiger partial charge in [0, 0.05) is 0 Å². The van der Waals surface area contributed by atoms with Crippen LogP contribution >= 0.6 is 7.92 Å². The summed E-state index contributed by atoms with van der Waals surface area (Å²) in [6.07, 6.45) is 0. The maximum Gasteiger partial charge on any atom is -0.0211 e. The van der Waals surface area contributed by atoms with E-state index in [0.29, 0.717) is 5.92 Å². The second kappa shape index (κ2) is 4.05. The van der Waals surface area contributed by atoms with Gasteiger partial charge in [-0.15, -0.1) is 0 Å². The molecule has 0 radical (unpaired) electrons.